The van der Waals surface area contributed by atoms with Crippen molar-refractivity contribution in [3.05, 3.63) is 48.4 Å². The van der Waals surface area contributed by atoms with Crippen LogP contribution in [0.2, 0.25) is 0 Å². The van der Waals surface area contributed by atoms with Gasteiger partial charge in [0.1, 0.15) is 11.6 Å². The normalized spacial score (nSPS) is 10.9. The van der Waals surface area contributed by atoms with Gasteiger partial charge in [0, 0.05) is 17.8 Å². The number of aromatic nitrogens is 3. The van der Waals surface area contributed by atoms with Crippen LogP contribution in [0.1, 0.15) is 0 Å². The Labute approximate surface area is 96.5 Å². The van der Waals surface area contributed by atoms with Crippen LogP contribution in [-0.2, 0) is 0 Å². The number of anilines is 1. The van der Waals surface area contributed by atoms with Gasteiger partial charge in [-0.25, -0.2) is 13.9 Å². The smallest absolute Gasteiger partial charge is 0.157 e. The molecule has 0 amide bonds. The molecule has 3 aromatic rings. The van der Waals surface area contributed by atoms with E-state index in [0.717, 1.165) is 11.3 Å². The summed E-state index contributed by atoms with van der Waals surface area (Å²) in [5.74, 6) is 0.145. The van der Waals surface area contributed by atoms with Crippen LogP contribution in [0.5, 0.6) is 0 Å². The Bertz CT molecular complexity index is 673. The van der Waals surface area contributed by atoms with E-state index in [9.17, 15) is 4.39 Å². The fraction of sp³-hybridized carbons (Fsp3) is 0. The van der Waals surface area contributed by atoms with Gasteiger partial charge in [0.25, 0.3) is 0 Å². The molecule has 1 aromatic carbocycles. The van der Waals surface area contributed by atoms with Crippen LogP contribution in [0.15, 0.2) is 42.6 Å². The largest absolute Gasteiger partial charge is 0.382 e. The SMILES string of the molecule is Nc1cc2nccc(-c3ccc(F)cc3)n2n1. The summed E-state index contributed by atoms with van der Waals surface area (Å²) in [6, 6.07) is 9.71. The maximum Gasteiger partial charge on any atom is 0.157 e. The summed E-state index contributed by atoms with van der Waals surface area (Å²) < 4.78 is 14.5. The maximum absolute atomic E-state index is 12.9. The lowest BCUT2D eigenvalue weighted by atomic mass is 10.1. The third-order valence-electron chi connectivity index (χ3n) is 2.52. The van der Waals surface area contributed by atoms with E-state index in [1.165, 1.54) is 12.1 Å². The molecular weight excluding hydrogens is 219 g/mol. The zero-order valence-corrected chi connectivity index (χ0v) is 8.84. The van der Waals surface area contributed by atoms with Crippen LogP contribution in [0.4, 0.5) is 10.2 Å². The van der Waals surface area contributed by atoms with E-state index in [-0.39, 0.29) is 5.82 Å². The van der Waals surface area contributed by atoms with Crippen molar-refractivity contribution in [2.45, 2.75) is 0 Å². The van der Waals surface area contributed by atoms with Gasteiger partial charge in [-0.05, 0) is 30.3 Å². The van der Waals surface area contributed by atoms with E-state index >= 15 is 0 Å². The van der Waals surface area contributed by atoms with Gasteiger partial charge >= 0.3 is 0 Å². The van der Waals surface area contributed by atoms with Gasteiger partial charge in [-0.1, -0.05) is 0 Å². The number of nitrogens with two attached hydrogens (primary N) is 1. The monoisotopic (exact) mass is 228 g/mol. The first-order valence-electron chi connectivity index (χ1n) is 5.10. The quantitative estimate of drug-likeness (QED) is 0.694. The van der Waals surface area contributed by atoms with Gasteiger partial charge in [0.05, 0.1) is 5.69 Å². The first-order chi connectivity index (χ1) is 8.24. The van der Waals surface area contributed by atoms with Gasteiger partial charge in [0.2, 0.25) is 0 Å². The standard InChI is InChI=1S/C12H9FN4/c13-9-3-1-8(2-4-9)10-5-6-15-12-7-11(14)16-17(10)12/h1-7H,(H2,14,16). The molecule has 0 spiro atoms. The number of halogens is 1. The topological polar surface area (TPSA) is 56.2 Å². The highest BCUT2D eigenvalue weighted by molar-refractivity contribution is 5.63. The van der Waals surface area contributed by atoms with Crippen molar-refractivity contribution in [3.8, 4) is 11.3 Å². The van der Waals surface area contributed by atoms with Crippen LogP contribution in [0.25, 0.3) is 16.9 Å². The highest BCUT2D eigenvalue weighted by Crippen LogP contribution is 2.20. The molecule has 0 radical (unpaired) electrons. The molecule has 4 nitrogen and oxygen atoms in total. The predicted octanol–water partition coefficient (Wildman–Crippen LogP) is 2.12. The summed E-state index contributed by atoms with van der Waals surface area (Å²) in [5, 5.41) is 4.15. The lowest BCUT2D eigenvalue weighted by Crippen LogP contribution is -1.96. The Kier molecular flexibility index (Phi) is 2.04. The first kappa shape index (κ1) is 9.77. The molecule has 84 valence electrons. The molecule has 0 aliphatic rings. The van der Waals surface area contributed by atoms with Crippen LogP contribution in [0.3, 0.4) is 0 Å². The summed E-state index contributed by atoms with van der Waals surface area (Å²) in [7, 11) is 0. The summed E-state index contributed by atoms with van der Waals surface area (Å²) >= 11 is 0. The van der Waals surface area contributed by atoms with Crippen LogP contribution in [0, 0.1) is 5.82 Å². The van der Waals surface area contributed by atoms with Crippen molar-refractivity contribution in [1.29, 1.82) is 0 Å². The average molecular weight is 228 g/mol. The Morgan fingerprint density at radius 3 is 2.65 bits per heavy atom. The third kappa shape index (κ3) is 1.61. The van der Waals surface area contributed by atoms with E-state index < -0.39 is 0 Å². The fourth-order valence-corrected chi connectivity index (χ4v) is 1.75. The summed E-state index contributed by atoms with van der Waals surface area (Å²) in [6.07, 6.45) is 1.68. The maximum atomic E-state index is 12.9. The second kappa shape index (κ2) is 3.55. The second-order valence-corrected chi connectivity index (χ2v) is 3.68. The first-order valence-corrected chi connectivity index (χ1v) is 5.10. The molecule has 0 atom stereocenters. The van der Waals surface area contributed by atoms with E-state index in [0.29, 0.717) is 11.5 Å². The minimum Gasteiger partial charge on any atom is -0.382 e. The molecule has 0 unspecified atom stereocenters. The highest BCUT2D eigenvalue weighted by Gasteiger charge is 2.06. The number of nitrogens with zero attached hydrogens (tertiary/aromatic N) is 3. The summed E-state index contributed by atoms with van der Waals surface area (Å²) in [4.78, 5) is 4.15. The zero-order chi connectivity index (χ0) is 11.8. The Morgan fingerprint density at radius 1 is 1.12 bits per heavy atom. The summed E-state index contributed by atoms with van der Waals surface area (Å²) in [6.45, 7) is 0. The Hall–Kier alpha value is -2.43. The van der Waals surface area contributed by atoms with Crippen molar-refractivity contribution >= 4 is 11.5 Å². The highest BCUT2D eigenvalue weighted by atomic mass is 19.1. The van der Waals surface area contributed by atoms with E-state index in [1.807, 2.05) is 6.07 Å². The molecule has 0 saturated heterocycles. The fourth-order valence-electron chi connectivity index (χ4n) is 1.75. The molecule has 0 bridgehead atoms. The van der Waals surface area contributed by atoms with Crippen LogP contribution < -0.4 is 5.73 Å². The molecule has 2 aromatic heterocycles. The van der Waals surface area contributed by atoms with E-state index in [2.05, 4.69) is 10.1 Å². The second-order valence-electron chi connectivity index (χ2n) is 3.68. The Balaban J connectivity index is 2.26. The van der Waals surface area contributed by atoms with E-state index in [1.54, 1.807) is 28.9 Å². The van der Waals surface area contributed by atoms with Crippen molar-refractivity contribution in [3.63, 3.8) is 0 Å². The van der Waals surface area contributed by atoms with Crippen molar-refractivity contribution < 1.29 is 4.39 Å². The molecule has 5 heteroatoms. The minimum absolute atomic E-state index is 0.265. The lowest BCUT2D eigenvalue weighted by Gasteiger charge is -2.03. The number of nitrogen functional groups attached to an aromatic ring is 1. The minimum atomic E-state index is -0.265. The number of hydrogen-bond acceptors (Lipinski definition) is 3. The molecule has 2 heterocycles. The van der Waals surface area contributed by atoms with Gasteiger partial charge in [0.15, 0.2) is 5.65 Å². The molecular formula is C12H9FN4. The predicted molar refractivity (Wildman–Crippen MR) is 62.8 cm³/mol. The number of rotatable bonds is 1. The zero-order valence-electron chi connectivity index (χ0n) is 8.84. The van der Waals surface area contributed by atoms with Gasteiger partial charge < -0.3 is 5.73 Å². The lowest BCUT2D eigenvalue weighted by molar-refractivity contribution is 0.628. The number of fused-ring (bicyclic) bond motifs is 1. The number of hydrogen-bond donors (Lipinski definition) is 1. The molecule has 3 rings (SSSR count). The average Bonchev–Trinajstić information content (AvgIpc) is 2.70. The molecule has 0 aliphatic heterocycles. The van der Waals surface area contributed by atoms with E-state index in [4.69, 9.17) is 5.73 Å². The molecule has 0 saturated carbocycles. The van der Waals surface area contributed by atoms with Gasteiger partial charge in [-0.2, -0.15) is 0 Å². The molecule has 2 N–H and O–H groups in total. The van der Waals surface area contributed by atoms with Crippen LogP contribution in [-0.4, -0.2) is 14.6 Å². The summed E-state index contributed by atoms with van der Waals surface area (Å²) in [5.41, 5.74) is 7.99. The van der Waals surface area contributed by atoms with Crippen molar-refractivity contribution in [1.82, 2.24) is 14.6 Å². The van der Waals surface area contributed by atoms with Crippen molar-refractivity contribution in [2.75, 3.05) is 5.73 Å². The van der Waals surface area contributed by atoms with Gasteiger partial charge in [-0.3, -0.25) is 0 Å². The molecule has 0 aliphatic carbocycles. The molecule has 17 heavy (non-hydrogen) atoms. The third-order valence-corrected chi connectivity index (χ3v) is 2.52. The Morgan fingerprint density at radius 2 is 1.88 bits per heavy atom. The van der Waals surface area contributed by atoms with Gasteiger partial charge in [-0.15, -0.1) is 5.10 Å². The van der Waals surface area contributed by atoms with Crippen LogP contribution >= 0.6 is 0 Å². The molecule has 0 fully saturated rings. The number of benzene rings is 1. The van der Waals surface area contributed by atoms with Crippen molar-refractivity contribution in [2.24, 2.45) is 0 Å².